The molecule has 2 unspecified atom stereocenters. The molecule has 0 aliphatic heterocycles. The van der Waals surface area contributed by atoms with Crippen LogP contribution in [0.25, 0.3) is 0 Å². The Bertz CT molecular complexity index is 352. The van der Waals surface area contributed by atoms with Gasteiger partial charge in [-0.1, -0.05) is 13.8 Å². The summed E-state index contributed by atoms with van der Waals surface area (Å²) in [6.07, 6.45) is 4.18. The van der Waals surface area contributed by atoms with Crippen LogP contribution in [0.4, 0.5) is 0 Å². The summed E-state index contributed by atoms with van der Waals surface area (Å²) in [4.78, 5) is 0. The van der Waals surface area contributed by atoms with Gasteiger partial charge in [0.05, 0.1) is 6.20 Å². The molecule has 0 saturated heterocycles. The number of nitrogens with zero attached hydrogens (tertiary/aromatic N) is 2. The summed E-state index contributed by atoms with van der Waals surface area (Å²) in [5.74, 6) is 1.23. The Hall–Kier alpha value is -0.830. The topological polar surface area (TPSA) is 43.8 Å². The molecule has 15 heavy (non-hydrogen) atoms. The van der Waals surface area contributed by atoms with Gasteiger partial charge in [0.1, 0.15) is 0 Å². The van der Waals surface area contributed by atoms with E-state index in [1.807, 2.05) is 10.9 Å². The Morgan fingerprint density at radius 3 is 2.60 bits per heavy atom. The molecular weight excluding hydrogens is 186 g/mol. The summed E-state index contributed by atoms with van der Waals surface area (Å²) in [7, 11) is 0. The van der Waals surface area contributed by atoms with E-state index in [0.717, 1.165) is 6.54 Å². The molecule has 0 bridgehead atoms. The summed E-state index contributed by atoms with van der Waals surface area (Å²) in [6, 6.07) is 0.442. The first-order valence-electron chi connectivity index (χ1n) is 5.72. The van der Waals surface area contributed by atoms with E-state index in [-0.39, 0.29) is 0 Å². The van der Waals surface area contributed by atoms with Crippen LogP contribution in [0.15, 0.2) is 12.4 Å². The largest absolute Gasteiger partial charge is 0.330 e. The van der Waals surface area contributed by atoms with Crippen molar-refractivity contribution in [1.82, 2.24) is 9.78 Å². The zero-order chi connectivity index (χ0) is 11.2. The van der Waals surface area contributed by atoms with Crippen LogP contribution in [0, 0.1) is 11.3 Å². The lowest BCUT2D eigenvalue weighted by molar-refractivity contribution is 0.531. The molecule has 0 amide bonds. The van der Waals surface area contributed by atoms with Gasteiger partial charge in [0.2, 0.25) is 0 Å². The van der Waals surface area contributed by atoms with Crippen molar-refractivity contribution in [3.05, 3.63) is 18.0 Å². The predicted molar refractivity (Wildman–Crippen MR) is 61.7 cm³/mol. The summed E-state index contributed by atoms with van der Waals surface area (Å²) < 4.78 is 2.03. The van der Waals surface area contributed by atoms with Gasteiger partial charge in [-0.3, -0.25) is 4.68 Å². The molecule has 2 N–H and O–H groups in total. The van der Waals surface area contributed by atoms with Gasteiger partial charge in [-0.2, -0.15) is 5.10 Å². The van der Waals surface area contributed by atoms with E-state index in [9.17, 15) is 0 Å². The van der Waals surface area contributed by atoms with Crippen molar-refractivity contribution in [2.45, 2.75) is 39.7 Å². The molecule has 2 rings (SSSR count). The number of aromatic nitrogens is 2. The van der Waals surface area contributed by atoms with E-state index >= 15 is 0 Å². The Labute approximate surface area is 91.7 Å². The van der Waals surface area contributed by atoms with Crippen LogP contribution in [-0.4, -0.2) is 16.3 Å². The van der Waals surface area contributed by atoms with Gasteiger partial charge in [0.15, 0.2) is 0 Å². The highest BCUT2D eigenvalue weighted by Crippen LogP contribution is 2.63. The lowest BCUT2D eigenvalue weighted by atomic mass is 10.1. The maximum Gasteiger partial charge on any atom is 0.0525 e. The van der Waals surface area contributed by atoms with Crippen molar-refractivity contribution in [1.29, 1.82) is 0 Å². The molecule has 3 nitrogen and oxygen atoms in total. The quantitative estimate of drug-likeness (QED) is 0.825. The van der Waals surface area contributed by atoms with Crippen LogP contribution in [0.2, 0.25) is 0 Å². The summed E-state index contributed by atoms with van der Waals surface area (Å²) >= 11 is 0. The fraction of sp³-hybridized carbons (Fsp3) is 0.750. The van der Waals surface area contributed by atoms with Crippen LogP contribution in [0.5, 0.6) is 0 Å². The summed E-state index contributed by atoms with van der Waals surface area (Å²) in [5, 5.41) is 4.39. The average molecular weight is 207 g/mol. The molecule has 0 aromatic carbocycles. The molecular formula is C12H21N3. The Balaban J connectivity index is 2.18. The number of nitrogens with two attached hydrogens (primary N) is 1. The van der Waals surface area contributed by atoms with E-state index in [4.69, 9.17) is 5.73 Å². The standard InChI is InChI=1S/C12H21N3/c1-8(2)15-7-9(6-14-15)11-10(5-13)12(11,3)4/h6-8,10-11H,5,13H2,1-4H3. The zero-order valence-electron chi connectivity index (χ0n) is 10.1. The lowest BCUT2D eigenvalue weighted by Crippen LogP contribution is -2.05. The molecule has 2 atom stereocenters. The molecule has 0 radical (unpaired) electrons. The van der Waals surface area contributed by atoms with Crippen molar-refractivity contribution in [3.63, 3.8) is 0 Å². The van der Waals surface area contributed by atoms with Crippen LogP contribution in [0.3, 0.4) is 0 Å². The van der Waals surface area contributed by atoms with Gasteiger partial charge in [-0.05, 0) is 43.2 Å². The van der Waals surface area contributed by atoms with Crippen molar-refractivity contribution < 1.29 is 0 Å². The Kier molecular flexibility index (Phi) is 2.38. The molecule has 1 aliphatic carbocycles. The Morgan fingerprint density at radius 1 is 1.53 bits per heavy atom. The maximum absolute atomic E-state index is 5.78. The van der Waals surface area contributed by atoms with Crippen molar-refractivity contribution in [2.75, 3.05) is 6.54 Å². The molecule has 0 spiro atoms. The van der Waals surface area contributed by atoms with Crippen molar-refractivity contribution in [2.24, 2.45) is 17.1 Å². The third-order valence-corrected chi connectivity index (χ3v) is 3.81. The SMILES string of the molecule is CC(C)n1cc(C2C(CN)C2(C)C)cn1. The molecule has 1 fully saturated rings. The molecule has 1 aliphatic rings. The van der Waals surface area contributed by atoms with E-state index in [1.54, 1.807) is 0 Å². The second-order valence-electron chi connectivity index (χ2n) is 5.49. The fourth-order valence-electron chi connectivity index (χ4n) is 2.64. The number of rotatable bonds is 3. The van der Waals surface area contributed by atoms with Crippen molar-refractivity contribution in [3.8, 4) is 0 Å². The first kappa shape index (κ1) is 10.7. The molecule has 3 heteroatoms. The fourth-order valence-corrected chi connectivity index (χ4v) is 2.64. The first-order valence-corrected chi connectivity index (χ1v) is 5.72. The average Bonchev–Trinajstić information content (AvgIpc) is 2.58. The van der Waals surface area contributed by atoms with Crippen LogP contribution >= 0.6 is 0 Å². The van der Waals surface area contributed by atoms with Crippen LogP contribution < -0.4 is 5.73 Å². The smallest absolute Gasteiger partial charge is 0.0525 e. The van der Waals surface area contributed by atoms with E-state index in [0.29, 0.717) is 23.3 Å². The van der Waals surface area contributed by atoms with Gasteiger partial charge >= 0.3 is 0 Å². The van der Waals surface area contributed by atoms with Crippen molar-refractivity contribution >= 4 is 0 Å². The highest BCUT2D eigenvalue weighted by Gasteiger charge is 2.57. The number of hydrogen-bond acceptors (Lipinski definition) is 2. The lowest BCUT2D eigenvalue weighted by Gasteiger charge is -2.03. The first-order chi connectivity index (χ1) is 6.98. The second-order valence-corrected chi connectivity index (χ2v) is 5.49. The highest BCUT2D eigenvalue weighted by atomic mass is 15.3. The van der Waals surface area contributed by atoms with Crippen LogP contribution in [-0.2, 0) is 0 Å². The minimum atomic E-state index is 0.361. The monoisotopic (exact) mass is 207 g/mol. The maximum atomic E-state index is 5.78. The normalized spacial score (nSPS) is 28.4. The van der Waals surface area contributed by atoms with Crippen LogP contribution in [0.1, 0.15) is 45.2 Å². The molecule has 1 aromatic heterocycles. The molecule has 1 aromatic rings. The third-order valence-electron chi connectivity index (χ3n) is 3.81. The molecule has 84 valence electrons. The molecule has 1 heterocycles. The van der Waals surface area contributed by atoms with Gasteiger partial charge in [0.25, 0.3) is 0 Å². The number of hydrogen-bond donors (Lipinski definition) is 1. The molecule has 1 saturated carbocycles. The minimum Gasteiger partial charge on any atom is -0.330 e. The second kappa shape index (κ2) is 3.34. The van der Waals surface area contributed by atoms with Gasteiger partial charge in [-0.25, -0.2) is 0 Å². The Morgan fingerprint density at radius 2 is 2.20 bits per heavy atom. The minimum absolute atomic E-state index is 0.361. The van der Waals surface area contributed by atoms with E-state index in [2.05, 4.69) is 39.0 Å². The van der Waals surface area contributed by atoms with Gasteiger partial charge in [-0.15, -0.1) is 0 Å². The predicted octanol–water partition coefficient (Wildman–Crippen LogP) is 2.16. The van der Waals surface area contributed by atoms with Gasteiger partial charge < -0.3 is 5.73 Å². The van der Waals surface area contributed by atoms with E-state index in [1.165, 1.54) is 5.56 Å². The summed E-state index contributed by atoms with van der Waals surface area (Å²) in [6.45, 7) is 9.67. The van der Waals surface area contributed by atoms with E-state index < -0.39 is 0 Å². The highest BCUT2D eigenvalue weighted by molar-refractivity contribution is 5.28. The summed E-state index contributed by atoms with van der Waals surface area (Å²) in [5.41, 5.74) is 7.49. The zero-order valence-corrected chi connectivity index (χ0v) is 10.1. The van der Waals surface area contributed by atoms with Gasteiger partial charge in [0, 0.05) is 12.2 Å². The third kappa shape index (κ3) is 1.59.